The molecule has 2 fully saturated rings. The van der Waals surface area contributed by atoms with Crippen molar-refractivity contribution in [2.24, 2.45) is 0 Å². The fourth-order valence-corrected chi connectivity index (χ4v) is 3.45. The average Bonchev–Trinajstić information content (AvgIpc) is 2.77. The molecule has 170 valence electrons. The quantitative estimate of drug-likeness (QED) is 0.231. The Hall–Kier alpha value is -1.22. The minimum absolute atomic E-state index is 0.0890. The van der Waals surface area contributed by atoms with E-state index in [9.17, 15) is 35.7 Å². The molecule has 10 atom stereocenters. The minimum Gasteiger partial charge on any atom is -0.394 e. The summed E-state index contributed by atoms with van der Waals surface area (Å²) in [5, 5.41) is 69.7. The minimum atomic E-state index is -1.71. The Bertz CT molecular complexity index is 643. The summed E-state index contributed by atoms with van der Waals surface area (Å²) in [5.74, 6) is 0. The third kappa shape index (κ3) is 4.98. The highest BCUT2D eigenvalue weighted by Gasteiger charge is 2.50. The first-order valence-corrected chi connectivity index (χ1v) is 9.61. The van der Waals surface area contributed by atoms with Gasteiger partial charge < -0.3 is 54.7 Å². The van der Waals surface area contributed by atoms with E-state index < -0.39 is 74.6 Å². The Kier molecular flexibility index (Phi) is 8.12. The Labute approximate surface area is 172 Å². The Morgan fingerprint density at radius 2 is 1.30 bits per heavy atom. The lowest BCUT2D eigenvalue weighted by molar-refractivity contribution is -0.360. The van der Waals surface area contributed by atoms with Gasteiger partial charge in [-0.2, -0.15) is 0 Å². The number of hydrogen-bond donors (Lipinski definition) is 7. The van der Waals surface area contributed by atoms with Gasteiger partial charge in [0.2, 0.25) is 0 Å². The van der Waals surface area contributed by atoms with Gasteiger partial charge in [-0.15, -0.1) is 0 Å². The molecule has 0 radical (unpaired) electrons. The molecule has 30 heavy (non-hydrogen) atoms. The van der Waals surface area contributed by atoms with Crippen LogP contribution in [-0.2, 0) is 25.6 Å². The number of hydrogen-bond acceptors (Lipinski definition) is 11. The molecule has 0 bridgehead atoms. The highest BCUT2D eigenvalue weighted by Crippen LogP contribution is 2.29. The maximum Gasteiger partial charge on any atom is 0.187 e. The lowest BCUT2D eigenvalue weighted by Crippen LogP contribution is -2.64. The van der Waals surface area contributed by atoms with E-state index in [4.69, 9.17) is 18.9 Å². The van der Waals surface area contributed by atoms with Gasteiger partial charge in [0, 0.05) is 0 Å². The highest BCUT2D eigenvalue weighted by atomic mass is 16.7. The summed E-state index contributed by atoms with van der Waals surface area (Å²) < 4.78 is 21.8. The van der Waals surface area contributed by atoms with Crippen LogP contribution in [0.3, 0.4) is 0 Å². The van der Waals surface area contributed by atoms with Crippen LogP contribution in [0.4, 0.5) is 0 Å². The monoisotopic (exact) mass is 432 g/mol. The molecule has 1 aromatic rings. The molecule has 0 aliphatic carbocycles. The van der Waals surface area contributed by atoms with Crippen molar-refractivity contribution in [2.75, 3.05) is 13.2 Å². The van der Waals surface area contributed by atoms with Gasteiger partial charge in [-0.1, -0.05) is 30.3 Å². The number of ether oxygens (including phenoxy) is 4. The van der Waals surface area contributed by atoms with Gasteiger partial charge in [0.05, 0.1) is 19.8 Å². The maximum atomic E-state index is 10.5. The molecule has 2 saturated heterocycles. The smallest absolute Gasteiger partial charge is 0.187 e. The van der Waals surface area contributed by atoms with E-state index in [1.54, 1.807) is 12.1 Å². The molecular weight excluding hydrogens is 404 g/mol. The highest BCUT2D eigenvalue weighted by molar-refractivity contribution is 5.13. The summed E-state index contributed by atoms with van der Waals surface area (Å²) in [5.41, 5.74) is 0.808. The fraction of sp³-hybridized carbons (Fsp3) is 0.684. The van der Waals surface area contributed by atoms with E-state index in [1.165, 1.54) is 0 Å². The van der Waals surface area contributed by atoms with Crippen molar-refractivity contribution < 1.29 is 54.7 Å². The Morgan fingerprint density at radius 3 is 1.93 bits per heavy atom. The zero-order valence-corrected chi connectivity index (χ0v) is 16.0. The molecule has 11 nitrogen and oxygen atoms in total. The van der Waals surface area contributed by atoms with E-state index in [0.717, 1.165) is 5.56 Å². The van der Waals surface area contributed by atoms with Crippen molar-refractivity contribution in [1.82, 2.24) is 0 Å². The normalized spacial score (nSPS) is 42.2. The van der Waals surface area contributed by atoms with Gasteiger partial charge in [-0.3, -0.25) is 0 Å². The molecule has 0 saturated carbocycles. The Balaban J connectivity index is 1.66. The van der Waals surface area contributed by atoms with Gasteiger partial charge in [0.25, 0.3) is 0 Å². The van der Waals surface area contributed by atoms with Crippen LogP contribution >= 0.6 is 0 Å². The molecule has 11 heteroatoms. The molecule has 0 aromatic heterocycles. The molecule has 0 amide bonds. The summed E-state index contributed by atoms with van der Waals surface area (Å²) in [6.45, 7) is -1.18. The zero-order valence-electron chi connectivity index (χ0n) is 16.0. The van der Waals surface area contributed by atoms with Crippen molar-refractivity contribution in [2.45, 2.75) is 68.0 Å². The lowest BCUT2D eigenvalue weighted by Gasteiger charge is -2.45. The van der Waals surface area contributed by atoms with Crippen molar-refractivity contribution in [3.05, 3.63) is 35.9 Å². The average molecular weight is 432 g/mol. The lowest BCUT2D eigenvalue weighted by atomic mass is 9.97. The van der Waals surface area contributed by atoms with E-state index in [1.807, 2.05) is 18.2 Å². The Morgan fingerprint density at radius 1 is 0.700 bits per heavy atom. The molecule has 4 unspecified atom stereocenters. The van der Waals surface area contributed by atoms with Crippen molar-refractivity contribution in [1.29, 1.82) is 0 Å². The summed E-state index contributed by atoms with van der Waals surface area (Å²) in [7, 11) is 0. The van der Waals surface area contributed by atoms with E-state index in [2.05, 4.69) is 0 Å². The topological polar surface area (TPSA) is 179 Å². The summed E-state index contributed by atoms with van der Waals surface area (Å²) in [6, 6.07) is 9.07. The van der Waals surface area contributed by atoms with Gasteiger partial charge in [0.1, 0.15) is 48.8 Å². The molecule has 0 spiro atoms. The van der Waals surface area contributed by atoms with E-state index >= 15 is 0 Å². The van der Waals surface area contributed by atoms with Crippen LogP contribution in [0, 0.1) is 0 Å². The van der Waals surface area contributed by atoms with Gasteiger partial charge in [0.15, 0.2) is 12.6 Å². The number of aliphatic hydroxyl groups is 7. The first kappa shape index (κ1) is 23.4. The van der Waals surface area contributed by atoms with Crippen molar-refractivity contribution in [3.8, 4) is 0 Å². The first-order chi connectivity index (χ1) is 14.4. The van der Waals surface area contributed by atoms with Crippen LogP contribution in [0.25, 0.3) is 0 Å². The van der Waals surface area contributed by atoms with E-state index in [-0.39, 0.29) is 6.61 Å². The fourth-order valence-electron chi connectivity index (χ4n) is 3.45. The number of aliphatic hydroxyl groups excluding tert-OH is 7. The summed E-state index contributed by atoms with van der Waals surface area (Å²) in [4.78, 5) is 0. The number of rotatable bonds is 7. The zero-order chi connectivity index (χ0) is 21.8. The van der Waals surface area contributed by atoms with Gasteiger partial charge in [-0.25, -0.2) is 0 Å². The molecule has 2 aliphatic heterocycles. The third-order valence-electron chi connectivity index (χ3n) is 5.22. The van der Waals surface area contributed by atoms with Crippen LogP contribution in [0.2, 0.25) is 0 Å². The second-order valence-corrected chi connectivity index (χ2v) is 7.30. The van der Waals surface area contributed by atoms with Crippen LogP contribution in [0.5, 0.6) is 0 Å². The molecule has 7 N–H and O–H groups in total. The first-order valence-electron chi connectivity index (χ1n) is 9.61. The molecule has 1 aromatic carbocycles. The van der Waals surface area contributed by atoms with Crippen LogP contribution in [-0.4, -0.2) is 110 Å². The molecule has 2 aliphatic rings. The van der Waals surface area contributed by atoms with Crippen LogP contribution in [0.15, 0.2) is 30.3 Å². The summed E-state index contributed by atoms with van der Waals surface area (Å²) >= 11 is 0. The largest absolute Gasteiger partial charge is 0.394 e. The number of benzene rings is 1. The summed E-state index contributed by atoms with van der Waals surface area (Å²) in [6.07, 6.45) is -14.7. The SMILES string of the molecule is OCC1O[C@@H](OCc2ccccc2)C(O)[C@@H](O)[C@@H]1O[C@@H]1OC(CO)[C@H](O)[C@H](O)C1O. The van der Waals surface area contributed by atoms with Crippen LogP contribution in [0.1, 0.15) is 5.56 Å². The van der Waals surface area contributed by atoms with Gasteiger partial charge >= 0.3 is 0 Å². The van der Waals surface area contributed by atoms with Crippen LogP contribution < -0.4 is 0 Å². The second kappa shape index (κ2) is 10.4. The molecular formula is C19H28O11. The predicted molar refractivity (Wildman–Crippen MR) is 97.6 cm³/mol. The van der Waals surface area contributed by atoms with Gasteiger partial charge in [-0.05, 0) is 5.56 Å². The second-order valence-electron chi connectivity index (χ2n) is 7.30. The standard InChI is InChI=1S/C19H28O11/c20-6-10-12(22)13(23)15(25)19(28-10)30-17-11(7-21)29-18(16(26)14(17)24)27-8-9-4-2-1-3-5-9/h1-5,10-26H,6-8H2/t10?,11?,12-,13-,14+,15?,16?,17+,18+,19-/m0/s1. The van der Waals surface area contributed by atoms with Crippen molar-refractivity contribution >= 4 is 0 Å². The van der Waals surface area contributed by atoms with Crippen molar-refractivity contribution in [3.63, 3.8) is 0 Å². The molecule has 2 heterocycles. The molecule has 3 rings (SSSR count). The van der Waals surface area contributed by atoms with E-state index in [0.29, 0.717) is 0 Å². The predicted octanol–water partition coefficient (Wildman–Crippen LogP) is -3.17. The third-order valence-corrected chi connectivity index (χ3v) is 5.22. The maximum absolute atomic E-state index is 10.5.